The van der Waals surface area contributed by atoms with Crippen molar-refractivity contribution in [3.63, 3.8) is 0 Å². The summed E-state index contributed by atoms with van der Waals surface area (Å²) >= 11 is 0. The minimum atomic E-state index is -0.615. The number of rotatable bonds is 10. The van der Waals surface area contributed by atoms with Crippen LogP contribution in [0.2, 0.25) is 0 Å². The van der Waals surface area contributed by atoms with Crippen molar-refractivity contribution in [2.24, 2.45) is 17.8 Å². The summed E-state index contributed by atoms with van der Waals surface area (Å²) in [6, 6.07) is 0.136. The molecule has 5 heterocycles. The van der Waals surface area contributed by atoms with E-state index in [0.29, 0.717) is 68.1 Å². The van der Waals surface area contributed by atoms with Crippen molar-refractivity contribution in [2.75, 3.05) is 49.1 Å². The predicted molar refractivity (Wildman–Crippen MR) is 174 cm³/mol. The maximum atomic E-state index is 12.9. The van der Waals surface area contributed by atoms with Crippen molar-refractivity contribution in [3.8, 4) is 5.75 Å². The monoisotopic (exact) mass is 640 g/mol. The van der Waals surface area contributed by atoms with Gasteiger partial charge in [0.05, 0.1) is 31.1 Å². The molecule has 2 aromatic heterocycles. The van der Waals surface area contributed by atoms with Crippen molar-refractivity contribution in [2.45, 2.75) is 104 Å². The second-order valence-corrected chi connectivity index (χ2v) is 14.7. The minimum absolute atomic E-state index is 0.123. The molecule has 46 heavy (non-hydrogen) atoms. The molecule has 0 radical (unpaired) electrons. The largest absolute Gasteiger partial charge is 0.490 e. The van der Waals surface area contributed by atoms with E-state index in [1.54, 1.807) is 12.4 Å². The minimum Gasteiger partial charge on any atom is -0.490 e. The Morgan fingerprint density at radius 3 is 2.43 bits per heavy atom. The third-order valence-corrected chi connectivity index (χ3v) is 9.37. The molecule has 0 bridgehead atoms. The Bertz CT molecular complexity index is 1300. The first-order chi connectivity index (χ1) is 21.9. The highest BCUT2D eigenvalue weighted by molar-refractivity contribution is 5.78. The number of carbonyl (C=O) groups is 2. The lowest BCUT2D eigenvalue weighted by molar-refractivity contribution is -0.137. The van der Waals surface area contributed by atoms with E-state index in [1.165, 1.54) is 0 Å². The Kier molecular flexibility index (Phi) is 10.6. The third kappa shape index (κ3) is 8.58. The van der Waals surface area contributed by atoms with Crippen LogP contribution in [0.3, 0.4) is 0 Å². The number of nitrogens with zero attached hydrogens (tertiary/aromatic N) is 7. The molecule has 0 spiro atoms. The fourth-order valence-electron chi connectivity index (χ4n) is 6.62. The second kappa shape index (κ2) is 14.4. The normalized spacial score (nSPS) is 23.6. The molecule has 0 aliphatic carbocycles. The van der Waals surface area contributed by atoms with Gasteiger partial charge in [-0.3, -0.25) is 4.79 Å². The number of amides is 2. The van der Waals surface area contributed by atoms with E-state index in [4.69, 9.17) is 14.0 Å². The van der Waals surface area contributed by atoms with Gasteiger partial charge in [-0.1, -0.05) is 32.9 Å². The average Bonchev–Trinajstić information content (AvgIpc) is 3.66. The summed E-state index contributed by atoms with van der Waals surface area (Å²) in [6.45, 7) is 18.2. The molecule has 0 aromatic carbocycles. The molecule has 13 nitrogen and oxygen atoms in total. The number of aromatic nitrogens is 4. The van der Waals surface area contributed by atoms with Crippen molar-refractivity contribution in [3.05, 3.63) is 18.2 Å². The number of alkyl carbamates (subject to hydrolysis) is 1. The van der Waals surface area contributed by atoms with Gasteiger partial charge in [0.15, 0.2) is 11.6 Å². The van der Waals surface area contributed by atoms with E-state index in [2.05, 4.69) is 58.0 Å². The average molecular weight is 641 g/mol. The highest BCUT2D eigenvalue weighted by atomic mass is 16.6. The third-order valence-electron chi connectivity index (χ3n) is 9.37. The maximum Gasteiger partial charge on any atom is 0.408 e. The van der Waals surface area contributed by atoms with Gasteiger partial charge in [0.1, 0.15) is 5.60 Å². The lowest BCUT2D eigenvalue weighted by atomic mass is 9.84. The SMILES string of the molecule is CC(C)c1noc(N2CCC([C@H](C)CCOc3cnc(N4C[C@H](NC(=O)OC(C)(C)C)[C@H](N5C[C@@H](C)CCC5=O)C4)nc3)CC2)n1. The molecule has 0 unspecified atom stereocenters. The number of nitrogens with one attached hydrogen (secondary N) is 1. The van der Waals surface area contributed by atoms with Crippen molar-refractivity contribution >= 4 is 24.0 Å². The first-order valence-corrected chi connectivity index (χ1v) is 16.9. The molecule has 254 valence electrons. The summed E-state index contributed by atoms with van der Waals surface area (Å²) in [7, 11) is 0. The number of carbonyl (C=O) groups excluding carboxylic acids is 2. The topological polar surface area (TPSA) is 139 Å². The number of likely N-dealkylation sites (tertiary alicyclic amines) is 1. The molecule has 5 rings (SSSR count). The molecular formula is C33H52N8O5. The zero-order valence-electron chi connectivity index (χ0n) is 28.6. The molecule has 0 saturated carbocycles. The zero-order chi connectivity index (χ0) is 33.0. The van der Waals surface area contributed by atoms with Crippen LogP contribution < -0.4 is 19.9 Å². The van der Waals surface area contributed by atoms with Gasteiger partial charge in [-0.2, -0.15) is 4.98 Å². The quantitative estimate of drug-likeness (QED) is 0.388. The van der Waals surface area contributed by atoms with Crippen LogP contribution in [-0.2, 0) is 9.53 Å². The number of hydrogen-bond acceptors (Lipinski definition) is 11. The van der Waals surface area contributed by atoms with Crippen LogP contribution >= 0.6 is 0 Å². The van der Waals surface area contributed by atoms with Gasteiger partial charge in [0.2, 0.25) is 11.9 Å². The summed E-state index contributed by atoms with van der Waals surface area (Å²) in [5, 5.41) is 7.12. The molecule has 3 fully saturated rings. The Labute approximate surface area is 272 Å². The molecule has 4 atom stereocenters. The Balaban J connectivity index is 1.11. The molecule has 3 aliphatic rings. The Hall–Kier alpha value is -3.64. The first kappa shape index (κ1) is 33.7. The van der Waals surface area contributed by atoms with Crippen molar-refractivity contribution in [1.29, 1.82) is 0 Å². The summed E-state index contributed by atoms with van der Waals surface area (Å²) < 4.78 is 17.1. The highest BCUT2D eigenvalue weighted by Gasteiger charge is 2.42. The van der Waals surface area contributed by atoms with E-state index in [1.807, 2.05) is 30.6 Å². The van der Waals surface area contributed by atoms with E-state index < -0.39 is 11.7 Å². The number of ether oxygens (including phenoxy) is 2. The molecule has 3 saturated heterocycles. The van der Waals surface area contributed by atoms with Gasteiger partial charge in [0.25, 0.3) is 0 Å². The van der Waals surface area contributed by atoms with Crippen LogP contribution in [0.25, 0.3) is 0 Å². The lowest BCUT2D eigenvalue weighted by Gasteiger charge is -2.37. The number of hydrogen-bond donors (Lipinski definition) is 1. The molecule has 3 aliphatic heterocycles. The number of piperidine rings is 2. The Morgan fingerprint density at radius 2 is 1.78 bits per heavy atom. The lowest BCUT2D eigenvalue weighted by Crippen LogP contribution is -2.56. The summed E-state index contributed by atoms with van der Waals surface area (Å²) in [5.41, 5.74) is -0.615. The summed E-state index contributed by atoms with van der Waals surface area (Å²) in [6.07, 6.45) is 7.45. The van der Waals surface area contributed by atoms with E-state index in [0.717, 1.165) is 44.6 Å². The van der Waals surface area contributed by atoms with Gasteiger partial charge in [-0.25, -0.2) is 14.8 Å². The van der Waals surface area contributed by atoms with E-state index in [9.17, 15) is 9.59 Å². The van der Waals surface area contributed by atoms with Crippen LogP contribution in [0.15, 0.2) is 16.9 Å². The van der Waals surface area contributed by atoms with E-state index in [-0.39, 0.29) is 23.9 Å². The van der Waals surface area contributed by atoms with Crippen molar-refractivity contribution in [1.82, 2.24) is 30.3 Å². The predicted octanol–water partition coefficient (Wildman–Crippen LogP) is 4.65. The van der Waals surface area contributed by atoms with Gasteiger partial charge in [-0.15, -0.1) is 0 Å². The Morgan fingerprint density at radius 1 is 1.07 bits per heavy atom. The molecule has 2 aromatic rings. The van der Waals surface area contributed by atoms with Crippen LogP contribution in [0, 0.1) is 17.8 Å². The smallest absolute Gasteiger partial charge is 0.408 e. The summed E-state index contributed by atoms with van der Waals surface area (Å²) in [5.74, 6) is 3.85. The van der Waals surface area contributed by atoms with Crippen molar-refractivity contribution < 1.29 is 23.6 Å². The molecular weight excluding hydrogens is 588 g/mol. The van der Waals surface area contributed by atoms with Gasteiger partial charge < -0.3 is 34.0 Å². The molecule has 13 heteroatoms. The number of anilines is 2. The van der Waals surface area contributed by atoms with Crippen LogP contribution in [-0.4, -0.2) is 94.0 Å². The molecule has 1 N–H and O–H groups in total. The van der Waals surface area contributed by atoms with Gasteiger partial charge in [-0.05, 0) is 64.2 Å². The second-order valence-electron chi connectivity index (χ2n) is 14.7. The van der Waals surface area contributed by atoms with Gasteiger partial charge >= 0.3 is 12.1 Å². The standard InChI is InChI=1S/C33H52N8O5/c1-21(2)29-37-31(46-38-29)39-13-10-24(11-14-39)23(4)12-15-44-25-16-34-30(35-17-25)40-19-26(36-32(43)45-33(5,6)7)27(20-40)41-18-22(3)8-9-28(41)42/h16-17,21-24,26-27H,8-15,18-20H2,1-7H3,(H,36,43)/t22-,23+,26-,27+/m0/s1. The van der Waals surface area contributed by atoms with Crippen LogP contribution in [0.4, 0.5) is 16.8 Å². The highest BCUT2D eigenvalue weighted by Crippen LogP contribution is 2.30. The fraction of sp³-hybridized carbons (Fsp3) is 0.758. The van der Waals surface area contributed by atoms with E-state index >= 15 is 0 Å². The first-order valence-electron chi connectivity index (χ1n) is 16.9. The maximum absolute atomic E-state index is 12.9. The van der Waals surface area contributed by atoms with Gasteiger partial charge in [0, 0.05) is 45.1 Å². The van der Waals surface area contributed by atoms with Crippen LogP contribution in [0.5, 0.6) is 5.75 Å². The molecule has 2 amide bonds. The van der Waals surface area contributed by atoms with Crippen LogP contribution in [0.1, 0.15) is 92.3 Å². The fourth-order valence-corrected chi connectivity index (χ4v) is 6.62. The summed E-state index contributed by atoms with van der Waals surface area (Å²) in [4.78, 5) is 45.5. The zero-order valence-corrected chi connectivity index (χ0v) is 28.6.